The molecule has 222 valence electrons. The summed E-state index contributed by atoms with van der Waals surface area (Å²) in [6.07, 6.45) is 0. The predicted octanol–water partition coefficient (Wildman–Crippen LogP) is 13.0. The molecule has 0 aliphatic heterocycles. The van der Waals surface area contributed by atoms with Crippen LogP contribution in [0.1, 0.15) is 101 Å². The van der Waals surface area contributed by atoms with Gasteiger partial charge in [-0.1, -0.05) is 146 Å². The Hall–Kier alpha value is -4.10. The van der Waals surface area contributed by atoms with Crippen LogP contribution in [0.5, 0.6) is 0 Å². The van der Waals surface area contributed by atoms with E-state index in [0.29, 0.717) is 23.7 Å². The smallest absolute Gasteiger partial charge is 0.0462 e. The van der Waals surface area contributed by atoms with Crippen LogP contribution in [0.15, 0.2) is 127 Å². The molecule has 5 rings (SSSR count). The Kier molecular flexibility index (Phi) is 11.0. The van der Waals surface area contributed by atoms with Crippen LogP contribution in [0, 0.1) is 0 Å². The first-order valence-corrected chi connectivity index (χ1v) is 15.9. The summed E-state index contributed by atoms with van der Waals surface area (Å²) < 4.78 is 0. The maximum absolute atomic E-state index is 2.38. The number of benzene rings is 5. The molecule has 5 aromatic rings. The zero-order chi connectivity index (χ0) is 30.9. The lowest BCUT2D eigenvalue weighted by Crippen LogP contribution is -2.09. The molecule has 1 heteroatoms. The standard InChI is InChI=1S/C30H31N.C12H18/c1-22(2)29-20-17-25(21-30(29)23(3)4)24-15-18-28(19-16-24)31(26-11-7-5-8-12-26)27-13-9-6-10-14-27;1-9(2)11-7-5-6-8-12(11)10(3)4/h5-23H,1-4H3;5-10H,1-4H3. The number of para-hydroxylation sites is 2. The first-order valence-electron chi connectivity index (χ1n) is 15.9. The number of nitrogens with zero attached hydrogens (tertiary/aromatic N) is 1. The Bertz CT molecular complexity index is 1480. The Morgan fingerprint density at radius 2 is 0.674 bits per heavy atom. The molecule has 0 aromatic heterocycles. The molecule has 0 fully saturated rings. The average molecular weight is 568 g/mol. The fourth-order valence-electron chi connectivity index (χ4n) is 5.75. The molecule has 1 nitrogen and oxygen atoms in total. The normalized spacial score (nSPS) is 11.2. The Labute approximate surface area is 261 Å². The van der Waals surface area contributed by atoms with Gasteiger partial charge in [0.25, 0.3) is 0 Å². The van der Waals surface area contributed by atoms with Gasteiger partial charge in [0.1, 0.15) is 0 Å². The van der Waals surface area contributed by atoms with Crippen molar-refractivity contribution in [3.8, 4) is 11.1 Å². The number of hydrogen-bond acceptors (Lipinski definition) is 1. The van der Waals surface area contributed by atoms with Gasteiger partial charge in [0.2, 0.25) is 0 Å². The highest BCUT2D eigenvalue weighted by Crippen LogP contribution is 2.36. The number of rotatable bonds is 8. The minimum Gasteiger partial charge on any atom is -0.311 e. The monoisotopic (exact) mass is 567 g/mol. The second-order valence-corrected chi connectivity index (χ2v) is 12.6. The Morgan fingerprint density at radius 3 is 1.09 bits per heavy atom. The zero-order valence-corrected chi connectivity index (χ0v) is 27.4. The maximum atomic E-state index is 2.38. The van der Waals surface area contributed by atoms with Gasteiger partial charge >= 0.3 is 0 Å². The van der Waals surface area contributed by atoms with Crippen LogP contribution in [0.2, 0.25) is 0 Å². The molecule has 0 amide bonds. The third kappa shape index (κ3) is 8.05. The predicted molar refractivity (Wildman–Crippen MR) is 189 cm³/mol. The summed E-state index contributed by atoms with van der Waals surface area (Å²) in [5, 5.41) is 0. The summed E-state index contributed by atoms with van der Waals surface area (Å²) in [6, 6.07) is 45.7. The third-order valence-corrected chi connectivity index (χ3v) is 8.06. The minimum absolute atomic E-state index is 0.517. The van der Waals surface area contributed by atoms with Crippen LogP contribution in [0.25, 0.3) is 11.1 Å². The molecular weight excluding hydrogens is 518 g/mol. The summed E-state index contributed by atoms with van der Waals surface area (Å²) in [6.45, 7) is 18.1. The van der Waals surface area contributed by atoms with Crippen LogP contribution >= 0.6 is 0 Å². The highest BCUT2D eigenvalue weighted by Gasteiger charge is 2.14. The van der Waals surface area contributed by atoms with Crippen molar-refractivity contribution in [1.29, 1.82) is 0 Å². The van der Waals surface area contributed by atoms with Gasteiger partial charge < -0.3 is 4.90 Å². The van der Waals surface area contributed by atoms with Gasteiger partial charge in [-0.25, -0.2) is 0 Å². The molecule has 5 aromatic carbocycles. The molecule has 0 spiro atoms. The highest BCUT2D eigenvalue weighted by atomic mass is 15.1. The summed E-state index contributed by atoms with van der Waals surface area (Å²) >= 11 is 0. The van der Waals surface area contributed by atoms with Gasteiger partial charge in [-0.3, -0.25) is 0 Å². The molecule has 0 bridgehead atoms. The van der Waals surface area contributed by atoms with E-state index < -0.39 is 0 Å². The van der Waals surface area contributed by atoms with Crippen LogP contribution in [0.3, 0.4) is 0 Å². The highest BCUT2D eigenvalue weighted by molar-refractivity contribution is 5.78. The lowest BCUT2D eigenvalue weighted by atomic mass is 9.88. The van der Waals surface area contributed by atoms with E-state index in [1.807, 2.05) is 0 Å². The van der Waals surface area contributed by atoms with Crippen LogP contribution < -0.4 is 4.90 Å². The van der Waals surface area contributed by atoms with E-state index in [0.717, 1.165) is 17.1 Å². The zero-order valence-electron chi connectivity index (χ0n) is 27.4. The van der Waals surface area contributed by atoms with Gasteiger partial charge in [-0.05, 0) is 93.5 Å². The summed E-state index contributed by atoms with van der Waals surface area (Å²) in [5.41, 5.74) is 11.9. The van der Waals surface area contributed by atoms with Crippen molar-refractivity contribution < 1.29 is 0 Å². The molecule has 0 aliphatic carbocycles. The van der Waals surface area contributed by atoms with Crippen molar-refractivity contribution in [3.05, 3.63) is 150 Å². The van der Waals surface area contributed by atoms with Crippen molar-refractivity contribution in [2.24, 2.45) is 0 Å². The van der Waals surface area contributed by atoms with Gasteiger partial charge in [-0.15, -0.1) is 0 Å². The quantitative estimate of drug-likeness (QED) is 0.180. The fraction of sp³-hybridized carbons (Fsp3) is 0.286. The van der Waals surface area contributed by atoms with E-state index in [1.165, 1.54) is 33.4 Å². The van der Waals surface area contributed by atoms with Crippen LogP contribution in [0.4, 0.5) is 17.1 Å². The lowest BCUT2D eigenvalue weighted by molar-refractivity contribution is 0.790. The van der Waals surface area contributed by atoms with Crippen LogP contribution in [-0.4, -0.2) is 0 Å². The Balaban J connectivity index is 0.000000296. The molecule has 43 heavy (non-hydrogen) atoms. The molecule has 0 N–H and O–H groups in total. The van der Waals surface area contributed by atoms with Gasteiger partial charge in [0.05, 0.1) is 0 Å². The molecule has 0 saturated carbocycles. The van der Waals surface area contributed by atoms with E-state index in [-0.39, 0.29) is 0 Å². The molecule has 0 atom stereocenters. The maximum Gasteiger partial charge on any atom is 0.0462 e. The van der Waals surface area contributed by atoms with Crippen molar-refractivity contribution in [1.82, 2.24) is 0 Å². The molecule has 0 heterocycles. The summed E-state index contributed by atoms with van der Waals surface area (Å²) in [5.74, 6) is 2.34. The number of hydrogen-bond donors (Lipinski definition) is 0. The summed E-state index contributed by atoms with van der Waals surface area (Å²) in [7, 11) is 0. The minimum atomic E-state index is 0.517. The van der Waals surface area contributed by atoms with Gasteiger partial charge in [-0.2, -0.15) is 0 Å². The SMILES string of the molecule is CC(C)c1ccc(-c2ccc(N(c3ccccc3)c3ccccc3)cc2)cc1C(C)C.CC(C)c1ccccc1C(C)C. The Morgan fingerprint density at radius 1 is 0.326 bits per heavy atom. The molecule has 0 saturated heterocycles. The van der Waals surface area contributed by atoms with E-state index in [2.05, 4.69) is 188 Å². The first kappa shape index (κ1) is 31.8. The average Bonchev–Trinajstić information content (AvgIpc) is 3.02. The van der Waals surface area contributed by atoms with Gasteiger partial charge in [0, 0.05) is 17.1 Å². The second kappa shape index (κ2) is 14.9. The lowest BCUT2D eigenvalue weighted by Gasteiger charge is -2.25. The molecule has 0 unspecified atom stereocenters. The van der Waals surface area contributed by atoms with Crippen molar-refractivity contribution in [3.63, 3.8) is 0 Å². The van der Waals surface area contributed by atoms with E-state index >= 15 is 0 Å². The number of anilines is 3. The van der Waals surface area contributed by atoms with E-state index in [9.17, 15) is 0 Å². The topological polar surface area (TPSA) is 3.24 Å². The molecule has 0 aliphatic rings. The van der Waals surface area contributed by atoms with Crippen molar-refractivity contribution in [2.75, 3.05) is 4.90 Å². The van der Waals surface area contributed by atoms with Crippen molar-refractivity contribution >= 4 is 17.1 Å². The van der Waals surface area contributed by atoms with E-state index in [4.69, 9.17) is 0 Å². The molecule has 0 radical (unpaired) electrons. The third-order valence-electron chi connectivity index (χ3n) is 8.06. The fourth-order valence-corrected chi connectivity index (χ4v) is 5.75. The van der Waals surface area contributed by atoms with Crippen molar-refractivity contribution in [2.45, 2.75) is 79.1 Å². The van der Waals surface area contributed by atoms with E-state index in [1.54, 1.807) is 0 Å². The largest absolute Gasteiger partial charge is 0.311 e. The molecular formula is C42H49N. The van der Waals surface area contributed by atoms with Gasteiger partial charge in [0.15, 0.2) is 0 Å². The van der Waals surface area contributed by atoms with Crippen LogP contribution in [-0.2, 0) is 0 Å². The summed E-state index contributed by atoms with van der Waals surface area (Å²) in [4.78, 5) is 2.30. The first-order chi connectivity index (χ1) is 20.7. The second-order valence-electron chi connectivity index (χ2n) is 12.6.